The molecule has 0 saturated carbocycles. The van der Waals surface area contributed by atoms with Crippen LogP contribution in [0, 0.1) is 6.92 Å². The number of thiazole rings is 1. The first-order chi connectivity index (χ1) is 5.22. The van der Waals surface area contributed by atoms with Gasteiger partial charge in [0.1, 0.15) is 6.29 Å². The molecule has 0 saturated heterocycles. The average molecular weight is 167 g/mol. The van der Waals surface area contributed by atoms with Gasteiger partial charge in [-0.1, -0.05) is 0 Å². The van der Waals surface area contributed by atoms with Gasteiger partial charge < -0.3 is 0 Å². The van der Waals surface area contributed by atoms with Crippen molar-refractivity contribution in [1.82, 2.24) is 4.98 Å². The zero-order valence-corrected chi connectivity index (χ0v) is 7.31. The lowest BCUT2D eigenvalue weighted by Gasteiger charge is -1.83. The fourth-order valence-electron chi connectivity index (χ4n) is 0.703. The predicted molar refractivity (Wildman–Crippen MR) is 46.6 cm³/mol. The maximum Gasteiger partial charge on any atom is 0.145 e. The van der Waals surface area contributed by atoms with Crippen LogP contribution in [0.5, 0.6) is 0 Å². The largest absolute Gasteiger partial charge is 0.298 e. The molecule has 11 heavy (non-hydrogen) atoms. The smallest absolute Gasteiger partial charge is 0.145 e. The predicted octanol–water partition coefficient (Wildman–Crippen LogP) is 2.05. The summed E-state index contributed by atoms with van der Waals surface area (Å²) < 4.78 is 0. The van der Waals surface area contributed by atoms with Crippen LogP contribution in [0.3, 0.4) is 0 Å². The highest BCUT2D eigenvalue weighted by atomic mass is 32.1. The minimum absolute atomic E-state index is 0.730. The monoisotopic (exact) mass is 167 g/mol. The fourth-order valence-corrected chi connectivity index (χ4v) is 1.50. The first-order valence-corrected chi connectivity index (χ1v) is 4.10. The maximum atomic E-state index is 10.2. The lowest BCUT2D eigenvalue weighted by Crippen LogP contribution is -1.72. The van der Waals surface area contributed by atoms with Crippen molar-refractivity contribution >= 4 is 23.7 Å². The first-order valence-electron chi connectivity index (χ1n) is 3.28. The number of carbonyl (C=O) groups excluding carboxylic acids is 1. The van der Waals surface area contributed by atoms with Crippen LogP contribution < -0.4 is 0 Å². The van der Waals surface area contributed by atoms with Gasteiger partial charge in [-0.15, -0.1) is 11.3 Å². The van der Waals surface area contributed by atoms with Gasteiger partial charge in [0, 0.05) is 11.1 Å². The van der Waals surface area contributed by atoms with E-state index in [4.69, 9.17) is 0 Å². The highest BCUT2D eigenvalue weighted by Gasteiger charge is 1.93. The molecule has 3 heteroatoms. The van der Waals surface area contributed by atoms with E-state index in [0.717, 1.165) is 21.7 Å². The van der Waals surface area contributed by atoms with Gasteiger partial charge in [0.2, 0.25) is 0 Å². The first kappa shape index (κ1) is 8.14. The van der Waals surface area contributed by atoms with E-state index in [2.05, 4.69) is 4.98 Å². The summed E-state index contributed by atoms with van der Waals surface area (Å²) in [6.07, 6.45) is 4.44. The summed E-state index contributed by atoms with van der Waals surface area (Å²) in [5.74, 6) is 0. The normalized spacial score (nSPS) is 11.6. The summed E-state index contributed by atoms with van der Waals surface area (Å²) in [5.41, 5.74) is 0.730. The van der Waals surface area contributed by atoms with Crippen molar-refractivity contribution in [1.29, 1.82) is 0 Å². The van der Waals surface area contributed by atoms with E-state index in [1.807, 2.05) is 13.0 Å². The lowest BCUT2D eigenvalue weighted by molar-refractivity contribution is -0.104. The van der Waals surface area contributed by atoms with Gasteiger partial charge in [-0.05, 0) is 25.5 Å². The van der Waals surface area contributed by atoms with Gasteiger partial charge in [0.25, 0.3) is 0 Å². The molecule has 0 radical (unpaired) electrons. The molecule has 0 aromatic carbocycles. The summed E-state index contributed by atoms with van der Waals surface area (Å²) >= 11 is 1.59. The molecule has 0 bridgehead atoms. The summed E-state index contributed by atoms with van der Waals surface area (Å²) in [6.45, 7) is 3.72. The summed E-state index contributed by atoms with van der Waals surface area (Å²) in [7, 11) is 0. The number of aromatic nitrogens is 1. The molecule has 1 aromatic rings. The van der Waals surface area contributed by atoms with Gasteiger partial charge in [-0.25, -0.2) is 4.98 Å². The zero-order chi connectivity index (χ0) is 8.27. The molecule has 1 heterocycles. The Kier molecular flexibility index (Phi) is 2.54. The number of nitrogens with zero attached hydrogens (tertiary/aromatic N) is 1. The Morgan fingerprint density at radius 1 is 1.73 bits per heavy atom. The minimum atomic E-state index is 0.730. The number of aryl methyl sites for hydroxylation is 1. The fraction of sp³-hybridized carbons (Fsp3) is 0.250. The van der Waals surface area contributed by atoms with Crippen molar-refractivity contribution < 1.29 is 4.79 Å². The van der Waals surface area contributed by atoms with Gasteiger partial charge in [-0.3, -0.25) is 4.79 Å². The van der Waals surface area contributed by atoms with Crippen molar-refractivity contribution in [3.8, 4) is 0 Å². The van der Waals surface area contributed by atoms with E-state index in [1.165, 1.54) is 0 Å². The van der Waals surface area contributed by atoms with Crippen LogP contribution in [0.15, 0.2) is 11.8 Å². The number of carbonyl (C=O) groups is 1. The van der Waals surface area contributed by atoms with Crippen molar-refractivity contribution in [3.63, 3.8) is 0 Å². The Morgan fingerprint density at radius 3 is 2.91 bits per heavy atom. The third-order valence-electron chi connectivity index (χ3n) is 1.19. The van der Waals surface area contributed by atoms with Crippen molar-refractivity contribution in [3.05, 3.63) is 21.7 Å². The molecule has 58 valence electrons. The van der Waals surface area contributed by atoms with Crippen molar-refractivity contribution in [2.75, 3.05) is 0 Å². The Balaban J connectivity index is 2.86. The zero-order valence-electron chi connectivity index (χ0n) is 6.50. The number of hydrogen-bond donors (Lipinski definition) is 0. The SMILES string of the molecule is CC(C=O)=Cc1cnc(C)s1. The Morgan fingerprint density at radius 2 is 2.45 bits per heavy atom. The summed E-state index contributed by atoms with van der Waals surface area (Å²) in [5, 5.41) is 1.02. The standard InChI is InChI=1S/C8H9NOS/c1-6(5-10)3-8-4-9-7(2)11-8/h3-5H,1-2H3. The Labute approximate surface area is 69.6 Å². The molecule has 0 atom stereocenters. The van der Waals surface area contributed by atoms with Crippen LogP contribution in [-0.2, 0) is 4.79 Å². The summed E-state index contributed by atoms with van der Waals surface area (Å²) in [4.78, 5) is 15.3. The highest BCUT2D eigenvalue weighted by molar-refractivity contribution is 7.12. The molecule has 1 aromatic heterocycles. The Bertz CT molecular complexity index is 288. The number of allylic oxidation sites excluding steroid dienone is 1. The Hall–Kier alpha value is -0.960. The molecule has 0 aliphatic heterocycles. The highest BCUT2D eigenvalue weighted by Crippen LogP contribution is 2.14. The molecule has 0 aliphatic carbocycles. The molecule has 1 rings (SSSR count). The van der Waals surface area contributed by atoms with Crippen LogP contribution in [-0.4, -0.2) is 11.3 Å². The number of aldehydes is 1. The molecule has 0 N–H and O–H groups in total. The molecule has 0 amide bonds. The molecule has 0 aliphatic rings. The molecular formula is C8H9NOS. The molecule has 0 fully saturated rings. The van der Waals surface area contributed by atoms with Crippen LogP contribution >= 0.6 is 11.3 Å². The second kappa shape index (κ2) is 3.44. The van der Waals surface area contributed by atoms with Crippen LogP contribution in [0.4, 0.5) is 0 Å². The molecule has 2 nitrogen and oxygen atoms in total. The van der Waals surface area contributed by atoms with Crippen LogP contribution in [0.2, 0.25) is 0 Å². The van der Waals surface area contributed by atoms with Crippen molar-refractivity contribution in [2.45, 2.75) is 13.8 Å². The lowest BCUT2D eigenvalue weighted by atomic mass is 10.3. The second-order valence-electron chi connectivity index (χ2n) is 2.29. The maximum absolute atomic E-state index is 10.2. The third kappa shape index (κ3) is 2.27. The topological polar surface area (TPSA) is 30.0 Å². The van der Waals surface area contributed by atoms with E-state index in [1.54, 1.807) is 24.5 Å². The van der Waals surface area contributed by atoms with E-state index >= 15 is 0 Å². The quantitative estimate of drug-likeness (QED) is 0.498. The van der Waals surface area contributed by atoms with Gasteiger partial charge in [0.15, 0.2) is 0 Å². The van der Waals surface area contributed by atoms with Gasteiger partial charge in [-0.2, -0.15) is 0 Å². The van der Waals surface area contributed by atoms with Crippen LogP contribution in [0.1, 0.15) is 16.8 Å². The van der Waals surface area contributed by atoms with E-state index < -0.39 is 0 Å². The van der Waals surface area contributed by atoms with Gasteiger partial charge >= 0.3 is 0 Å². The molecular weight excluding hydrogens is 158 g/mol. The minimum Gasteiger partial charge on any atom is -0.298 e. The van der Waals surface area contributed by atoms with E-state index in [-0.39, 0.29) is 0 Å². The average Bonchev–Trinajstić information content (AvgIpc) is 2.35. The van der Waals surface area contributed by atoms with E-state index in [9.17, 15) is 4.79 Å². The van der Waals surface area contributed by atoms with Crippen molar-refractivity contribution in [2.24, 2.45) is 0 Å². The molecule has 0 unspecified atom stereocenters. The number of hydrogen-bond acceptors (Lipinski definition) is 3. The van der Waals surface area contributed by atoms with E-state index in [0.29, 0.717) is 0 Å². The molecule has 0 spiro atoms. The number of rotatable bonds is 2. The third-order valence-corrected chi connectivity index (χ3v) is 2.05. The second-order valence-corrected chi connectivity index (χ2v) is 3.55. The summed E-state index contributed by atoms with van der Waals surface area (Å²) in [6, 6.07) is 0. The van der Waals surface area contributed by atoms with Crippen LogP contribution in [0.25, 0.3) is 6.08 Å². The van der Waals surface area contributed by atoms with Gasteiger partial charge in [0.05, 0.1) is 5.01 Å².